The number of unbranched alkanes of at least 4 members (excludes halogenated alkanes) is 2. The number of carbonyl (C=O) groups excluding carboxylic acids is 2. The van der Waals surface area contributed by atoms with Crippen molar-refractivity contribution in [1.82, 2.24) is 9.80 Å². The molecule has 1 spiro atoms. The van der Waals surface area contributed by atoms with Gasteiger partial charge in [-0.1, -0.05) is 26.0 Å². The molecular weight excluding hydrogens is 300 g/mol. The van der Waals surface area contributed by atoms with Crippen molar-refractivity contribution in [3.63, 3.8) is 0 Å². The van der Waals surface area contributed by atoms with Crippen molar-refractivity contribution in [3.05, 3.63) is 12.2 Å². The minimum Gasteiger partial charge on any atom is -0.348 e. The van der Waals surface area contributed by atoms with Crippen LogP contribution in [0, 0.1) is 23.7 Å². The third kappa shape index (κ3) is 3.52. The Morgan fingerprint density at radius 3 is 2.75 bits per heavy atom. The molecule has 4 heteroatoms. The molecule has 0 radical (unpaired) electrons. The molecule has 1 saturated heterocycles. The van der Waals surface area contributed by atoms with Crippen LogP contribution in [-0.4, -0.2) is 47.8 Å². The molecule has 5 unspecified atom stereocenters. The fourth-order valence-corrected chi connectivity index (χ4v) is 4.64. The van der Waals surface area contributed by atoms with Crippen LogP contribution in [0.3, 0.4) is 0 Å². The van der Waals surface area contributed by atoms with E-state index in [1.165, 1.54) is 12.8 Å². The lowest BCUT2D eigenvalue weighted by Crippen LogP contribution is -2.26. The molecule has 4 nitrogen and oxygen atoms in total. The van der Waals surface area contributed by atoms with Gasteiger partial charge in [0.15, 0.2) is 0 Å². The van der Waals surface area contributed by atoms with Gasteiger partial charge in [-0.05, 0) is 50.4 Å². The van der Waals surface area contributed by atoms with E-state index in [1.807, 2.05) is 7.05 Å². The molecule has 3 fully saturated rings. The molecule has 3 aliphatic rings. The fraction of sp³-hybridized carbons (Fsp3) is 0.800. The highest BCUT2D eigenvalue weighted by Crippen LogP contribution is 2.61. The molecule has 1 aliphatic heterocycles. The van der Waals surface area contributed by atoms with Gasteiger partial charge in [0.25, 0.3) is 0 Å². The smallest absolute Gasteiger partial charge is 0.226 e. The Morgan fingerprint density at radius 2 is 2.08 bits per heavy atom. The van der Waals surface area contributed by atoms with E-state index in [9.17, 15) is 9.59 Å². The molecule has 0 bridgehead atoms. The van der Waals surface area contributed by atoms with Gasteiger partial charge in [0.1, 0.15) is 0 Å². The van der Waals surface area contributed by atoms with E-state index in [2.05, 4.69) is 30.9 Å². The molecular formula is C20H32N2O2. The first kappa shape index (κ1) is 17.5. The van der Waals surface area contributed by atoms with Crippen molar-refractivity contribution >= 4 is 12.3 Å². The Labute approximate surface area is 146 Å². The first-order chi connectivity index (χ1) is 11.5. The van der Waals surface area contributed by atoms with Crippen LogP contribution in [0.1, 0.15) is 52.4 Å². The Balaban J connectivity index is 1.36. The van der Waals surface area contributed by atoms with E-state index in [4.69, 9.17) is 0 Å². The molecule has 0 N–H and O–H groups in total. The van der Waals surface area contributed by atoms with Crippen molar-refractivity contribution in [2.45, 2.75) is 57.9 Å². The maximum Gasteiger partial charge on any atom is 0.226 e. The number of hydrogen-bond acceptors (Lipinski definition) is 2. The number of allylic oxidation sites excluding steroid dienone is 1. The average Bonchev–Trinajstić information content (AvgIpc) is 3.42. The fourth-order valence-electron chi connectivity index (χ4n) is 4.64. The van der Waals surface area contributed by atoms with E-state index in [1.54, 1.807) is 4.90 Å². The average molecular weight is 332 g/mol. The standard InChI is InChI=1S/C20H32N2O2/c1-15-10-16(2)18(11-15)19(24)22-13-20(22)12-17(20)8-6-4-5-7-9-21(3)14-23/h6,8,14-18H,4-5,7,9-13H2,1-3H3. The lowest BCUT2D eigenvalue weighted by Gasteiger charge is -2.15. The predicted octanol–water partition coefficient (Wildman–Crippen LogP) is 3.08. The monoisotopic (exact) mass is 332 g/mol. The van der Waals surface area contributed by atoms with Crippen LogP contribution in [0.5, 0.6) is 0 Å². The van der Waals surface area contributed by atoms with Gasteiger partial charge in [-0.25, -0.2) is 0 Å². The van der Waals surface area contributed by atoms with Gasteiger partial charge in [-0.2, -0.15) is 0 Å². The molecule has 2 aliphatic carbocycles. The summed E-state index contributed by atoms with van der Waals surface area (Å²) in [5.41, 5.74) is 0.219. The Hall–Kier alpha value is -1.32. The second-order valence-corrected chi connectivity index (χ2v) is 8.51. The van der Waals surface area contributed by atoms with E-state index >= 15 is 0 Å². The lowest BCUT2D eigenvalue weighted by molar-refractivity contribution is -0.131. The largest absolute Gasteiger partial charge is 0.348 e. The molecule has 5 atom stereocenters. The van der Waals surface area contributed by atoms with Gasteiger partial charge in [-0.15, -0.1) is 0 Å². The molecule has 24 heavy (non-hydrogen) atoms. The second-order valence-electron chi connectivity index (χ2n) is 8.51. The van der Waals surface area contributed by atoms with Crippen LogP contribution < -0.4 is 0 Å². The quantitative estimate of drug-likeness (QED) is 0.297. The lowest BCUT2D eigenvalue weighted by atomic mass is 9.97. The number of hydrogen-bond donors (Lipinski definition) is 0. The van der Waals surface area contributed by atoms with Crippen LogP contribution in [0.4, 0.5) is 0 Å². The summed E-state index contributed by atoms with van der Waals surface area (Å²) in [6.07, 6.45) is 12.2. The Kier molecular flexibility index (Phi) is 5.03. The zero-order chi connectivity index (χ0) is 17.3. The van der Waals surface area contributed by atoms with Gasteiger partial charge in [-0.3, -0.25) is 9.59 Å². The molecule has 0 aromatic rings. The number of amides is 2. The number of nitrogens with zero attached hydrogens (tertiary/aromatic N) is 2. The SMILES string of the molecule is CC1CC(C)C(C(=O)N2CC23CC3C=CCCCCN(C)C=O)C1. The molecule has 134 valence electrons. The third-order valence-corrected chi connectivity index (χ3v) is 6.35. The van der Waals surface area contributed by atoms with Crippen LogP contribution in [0.25, 0.3) is 0 Å². The van der Waals surface area contributed by atoms with E-state index in [0.29, 0.717) is 23.7 Å². The van der Waals surface area contributed by atoms with Crippen molar-refractivity contribution in [1.29, 1.82) is 0 Å². The summed E-state index contributed by atoms with van der Waals surface area (Å²) in [5, 5.41) is 0. The summed E-state index contributed by atoms with van der Waals surface area (Å²) in [7, 11) is 1.82. The van der Waals surface area contributed by atoms with Crippen molar-refractivity contribution in [2.24, 2.45) is 23.7 Å². The topological polar surface area (TPSA) is 40.4 Å². The van der Waals surface area contributed by atoms with E-state index in [0.717, 1.165) is 45.2 Å². The van der Waals surface area contributed by atoms with Gasteiger partial charge < -0.3 is 9.80 Å². The molecule has 2 saturated carbocycles. The Morgan fingerprint density at radius 1 is 1.29 bits per heavy atom. The highest BCUT2D eigenvalue weighted by Gasteiger charge is 2.70. The summed E-state index contributed by atoms with van der Waals surface area (Å²) < 4.78 is 0. The first-order valence-electron chi connectivity index (χ1n) is 9.61. The summed E-state index contributed by atoms with van der Waals surface area (Å²) in [4.78, 5) is 27.1. The Bertz CT molecular complexity index is 518. The van der Waals surface area contributed by atoms with Crippen LogP contribution in [0.15, 0.2) is 12.2 Å². The van der Waals surface area contributed by atoms with E-state index < -0.39 is 0 Å². The van der Waals surface area contributed by atoms with E-state index in [-0.39, 0.29) is 11.5 Å². The van der Waals surface area contributed by atoms with Crippen molar-refractivity contribution in [2.75, 3.05) is 20.1 Å². The van der Waals surface area contributed by atoms with Crippen LogP contribution in [-0.2, 0) is 9.59 Å². The summed E-state index contributed by atoms with van der Waals surface area (Å²) >= 11 is 0. The molecule has 3 rings (SSSR count). The highest BCUT2D eigenvalue weighted by molar-refractivity contribution is 5.84. The summed E-state index contributed by atoms with van der Waals surface area (Å²) in [6.45, 7) is 6.35. The molecule has 0 aromatic carbocycles. The van der Waals surface area contributed by atoms with Crippen molar-refractivity contribution < 1.29 is 9.59 Å². The maximum absolute atomic E-state index is 12.7. The van der Waals surface area contributed by atoms with Crippen LogP contribution >= 0.6 is 0 Å². The maximum atomic E-state index is 12.7. The molecule has 0 aromatic heterocycles. The van der Waals surface area contributed by atoms with Gasteiger partial charge >= 0.3 is 0 Å². The summed E-state index contributed by atoms with van der Waals surface area (Å²) in [5.74, 6) is 2.56. The van der Waals surface area contributed by atoms with Crippen LogP contribution in [0.2, 0.25) is 0 Å². The zero-order valence-corrected chi connectivity index (χ0v) is 15.4. The first-order valence-corrected chi connectivity index (χ1v) is 9.61. The normalized spacial score (nSPS) is 37.2. The molecule has 2 amide bonds. The minimum atomic E-state index is 0.219. The number of rotatable bonds is 8. The minimum absolute atomic E-state index is 0.219. The highest BCUT2D eigenvalue weighted by atomic mass is 16.2. The summed E-state index contributed by atoms with van der Waals surface area (Å²) in [6, 6.07) is 0. The van der Waals surface area contributed by atoms with Gasteiger partial charge in [0.05, 0.1) is 5.54 Å². The zero-order valence-electron chi connectivity index (χ0n) is 15.4. The molecule has 1 heterocycles. The third-order valence-electron chi connectivity index (χ3n) is 6.35. The number of carbonyl (C=O) groups is 2. The predicted molar refractivity (Wildman–Crippen MR) is 95.3 cm³/mol. The van der Waals surface area contributed by atoms with Gasteiger partial charge in [0.2, 0.25) is 12.3 Å². The second kappa shape index (κ2) is 6.89. The van der Waals surface area contributed by atoms with Crippen molar-refractivity contribution in [3.8, 4) is 0 Å². The van der Waals surface area contributed by atoms with Gasteiger partial charge in [0, 0.05) is 32.0 Å².